The number of aryl methyl sites for hydroxylation is 1. The normalized spacial score (nSPS) is 19.2. The van der Waals surface area contributed by atoms with E-state index in [4.69, 9.17) is 0 Å². The summed E-state index contributed by atoms with van der Waals surface area (Å²) in [5, 5.41) is 0. The molecule has 1 amide bonds. The number of para-hydroxylation sites is 1. The zero-order valence-electron chi connectivity index (χ0n) is 14.2. The quantitative estimate of drug-likeness (QED) is 0.865. The number of carbonyl (C=O) groups is 1. The van der Waals surface area contributed by atoms with Crippen LogP contribution in [0.25, 0.3) is 0 Å². The fourth-order valence-electron chi connectivity index (χ4n) is 3.73. The number of benzene rings is 2. The molecule has 24 heavy (non-hydrogen) atoms. The Labute approximate surface area is 143 Å². The molecule has 4 rings (SSSR count). The summed E-state index contributed by atoms with van der Waals surface area (Å²) in [6, 6.07) is 19.0. The van der Waals surface area contributed by atoms with Crippen molar-refractivity contribution in [2.75, 3.05) is 31.1 Å². The Balaban J connectivity index is 1.44. The number of anilines is 1. The highest BCUT2D eigenvalue weighted by Gasteiger charge is 2.53. The van der Waals surface area contributed by atoms with Gasteiger partial charge in [-0.3, -0.25) is 4.79 Å². The van der Waals surface area contributed by atoms with E-state index in [9.17, 15) is 4.79 Å². The minimum absolute atomic E-state index is 0.234. The maximum atomic E-state index is 13.1. The summed E-state index contributed by atoms with van der Waals surface area (Å²) in [5.41, 5.74) is 3.47. The molecule has 0 radical (unpaired) electrons. The smallest absolute Gasteiger partial charge is 0.233 e. The molecule has 1 saturated carbocycles. The van der Waals surface area contributed by atoms with Gasteiger partial charge in [0.1, 0.15) is 0 Å². The van der Waals surface area contributed by atoms with Crippen molar-refractivity contribution in [3.8, 4) is 0 Å². The summed E-state index contributed by atoms with van der Waals surface area (Å²) >= 11 is 0. The van der Waals surface area contributed by atoms with Gasteiger partial charge >= 0.3 is 0 Å². The van der Waals surface area contributed by atoms with E-state index < -0.39 is 0 Å². The Hall–Kier alpha value is -2.29. The van der Waals surface area contributed by atoms with E-state index in [0.29, 0.717) is 5.91 Å². The molecule has 0 N–H and O–H groups in total. The van der Waals surface area contributed by atoms with Gasteiger partial charge in [-0.05, 0) is 37.5 Å². The molecule has 2 aliphatic rings. The van der Waals surface area contributed by atoms with Gasteiger partial charge in [0.05, 0.1) is 5.41 Å². The molecule has 0 bridgehead atoms. The van der Waals surface area contributed by atoms with Crippen LogP contribution < -0.4 is 4.90 Å². The summed E-state index contributed by atoms with van der Waals surface area (Å²) in [4.78, 5) is 17.6. The monoisotopic (exact) mass is 320 g/mol. The predicted octanol–water partition coefficient (Wildman–Crippen LogP) is 3.38. The second-order valence-electron chi connectivity index (χ2n) is 7.06. The lowest BCUT2D eigenvalue weighted by Gasteiger charge is -2.38. The van der Waals surface area contributed by atoms with Crippen LogP contribution in [-0.2, 0) is 10.2 Å². The van der Waals surface area contributed by atoms with Crippen molar-refractivity contribution in [2.24, 2.45) is 0 Å². The minimum atomic E-state index is -0.234. The van der Waals surface area contributed by atoms with E-state index in [1.165, 1.54) is 16.8 Å². The zero-order valence-corrected chi connectivity index (χ0v) is 14.2. The summed E-state index contributed by atoms with van der Waals surface area (Å²) in [6.45, 7) is 5.57. The number of hydrogen-bond donors (Lipinski definition) is 0. The van der Waals surface area contributed by atoms with Crippen molar-refractivity contribution in [2.45, 2.75) is 25.2 Å². The maximum absolute atomic E-state index is 13.1. The number of hydrogen-bond acceptors (Lipinski definition) is 2. The van der Waals surface area contributed by atoms with Gasteiger partial charge in [0, 0.05) is 31.9 Å². The number of nitrogens with zero attached hydrogens (tertiary/aromatic N) is 2. The lowest BCUT2D eigenvalue weighted by Crippen LogP contribution is -2.51. The molecule has 3 nitrogen and oxygen atoms in total. The average molecular weight is 320 g/mol. The molecule has 3 heteroatoms. The second kappa shape index (κ2) is 5.97. The van der Waals surface area contributed by atoms with Crippen LogP contribution in [0, 0.1) is 6.92 Å². The van der Waals surface area contributed by atoms with Crippen LogP contribution in [0.3, 0.4) is 0 Å². The molecule has 2 aromatic rings. The summed E-state index contributed by atoms with van der Waals surface area (Å²) < 4.78 is 0. The first kappa shape index (κ1) is 15.3. The molecule has 0 unspecified atom stereocenters. The van der Waals surface area contributed by atoms with Crippen molar-refractivity contribution in [1.29, 1.82) is 0 Å². The standard InChI is InChI=1S/C21H24N2O/c1-17-7-9-18(10-8-17)21(11-12-21)20(24)23-15-13-22(14-16-23)19-5-3-2-4-6-19/h2-10H,11-16H2,1H3. The van der Waals surface area contributed by atoms with Gasteiger partial charge in [-0.25, -0.2) is 0 Å². The zero-order chi connectivity index (χ0) is 16.6. The van der Waals surface area contributed by atoms with E-state index in [-0.39, 0.29) is 5.41 Å². The highest BCUT2D eigenvalue weighted by atomic mass is 16.2. The van der Waals surface area contributed by atoms with Crippen LogP contribution in [0.4, 0.5) is 5.69 Å². The van der Waals surface area contributed by atoms with Crippen molar-refractivity contribution < 1.29 is 4.79 Å². The largest absolute Gasteiger partial charge is 0.368 e. The third-order valence-electron chi connectivity index (χ3n) is 5.45. The Kier molecular flexibility index (Phi) is 3.79. The number of piperazine rings is 1. The summed E-state index contributed by atoms with van der Waals surface area (Å²) in [6.07, 6.45) is 1.99. The van der Waals surface area contributed by atoms with E-state index in [1.807, 2.05) is 6.07 Å². The van der Waals surface area contributed by atoms with Crippen molar-refractivity contribution in [1.82, 2.24) is 4.90 Å². The van der Waals surface area contributed by atoms with E-state index in [1.54, 1.807) is 0 Å². The molecule has 1 saturated heterocycles. The van der Waals surface area contributed by atoms with E-state index in [2.05, 4.69) is 65.3 Å². The molecule has 0 aromatic heterocycles. The van der Waals surface area contributed by atoms with Crippen LogP contribution in [0.15, 0.2) is 54.6 Å². The molecular weight excluding hydrogens is 296 g/mol. The molecule has 124 valence electrons. The molecule has 1 aliphatic heterocycles. The van der Waals surface area contributed by atoms with Crippen molar-refractivity contribution in [3.63, 3.8) is 0 Å². The molecule has 2 aromatic carbocycles. The van der Waals surface area contributed by atoms with E-state index in [0.717, 1.165) is 39.0 Å². The third-order valence-corrected chi connectivity index (χ3v) is 5.45. The Morgan fingerprint density at radius 1 is 0.875 bits per heavy atom. The average Bonchev–Trinajstić information content (AvgIpc) is 3.44. The first-order valence-corrected chi connectivity index (χ1v) is 8.86. The number of carbonyl (C=O) groups excluding carboxylic acids is 1. The van der Waals surface area contributed by atoms with Gasteiger partial charge in [-0.1, -0.05) is 48.0 Å². The van der Waals surface area contributed by atoms with Crippen LogP contribution >= 0.6 is 0 Å². The van der Waals surface area contributed by atoms with Crippen LogP contribution in [0.1, 0.15) is 24.0 Å². The fourth-order valence-corrected chi connectivity index (χ4v) is 3.73. The molecular formula is C21H24N2O. The molecule has 0 spiro atoms. The number of amides is 1. The highest BCUT2D eigenvalue weighted by molar-refractivity contribution is 5.91. The van der Waals surface area contributed by atoms with Gasteiger partial charge in [0.25, 0.3) is 0 Å². The van der Waals surface area contributed by atoms with Gasteiger partial charge in [0.2, 0.25) is 5.91 Å². The lowest BCUT2D eigenvalue weighted by molar-refractivity contribution is -0.134. The Morgan fingerprint density at radius 3 is 2.08 bits per heavy atom. The maximum Gasteiger partial charge on any atom is 0.233 e. The van der Waals surface area contributed by atoms with Gasteiger partial charge in [-0.2, -0.15) is 0 Å². The number of rotatable bonds is 3. The predicted molar refractivity (Wildman–Crippen MR) is 97.3 cm³/mol. The first-order chi connectivity index (χ1) is 11.7. The topological polar surface area (TPSA) is 23.6 Å². The third kappa shape index (κ3) is 2.68. The highest BCUT2D eigenvalue weighted by Crippen LogP contribution is 2.49. The van der Waals surface area contributed by atoms with Crippen molar-refractivity contribution >= 4 is 11.6 Å². The van der Waals surface area contributed by atoms with Crippen LogP contribution in [0.5, 0.6) is 0 Å². The van der Waals surface area contributed by atoms with Gasteiger partial charge in [0.15, 0.2) is 0 Å². The van der Waals surface area contributed by atoms with Gasteiger partial charge in [-0.15, -0.1) is 0 Å². The fraction of sp³-hybridized carbons (Fsp3) is 0.381. The van der Waals surface area contributed by atoms with Crippen LogP contribution in [-0.4, -0.2) is 37.0 Å². The Morgan fingerprint density at radius 2 is 1.50 bits per heavy atom. The first-order valence-electron chi connectivity index (χ1n) is 8.86. The summed E-state index contributed by atoms with van der Waals surface area (Å²) in [7, 11) is 0. The van der Waals surface area contributed by atoms with E-state index >= 15 is 0 Å². The van der Waals surface area contributed by atoms with Crippen molar-refractivity contribution in [3.05, 3.63) is 65.7 Å². The Bertz CT molecular complexity index is 711. The van der Waals surface area contributed by atoms with Gasteiger partial charge < -0.3 is 9.80 Å². The SMILES string of the molecule is Cc1ccc(C2(C(=O)N3CCN(c4ccccc4)CC3)CC2)cc1. The lowest BCUT2D eigenvalue weighted by atomic mass is 9.93. The molecule has 1 aliphatic carbocycles. The second-order valence-corrected chi connectivity index (χ2v) is 7.06. The summed E-state index contributed by atoms with van der Waals surface area (Å²) in [5.74, 6) is 0.332. The molecule has 2 fully saturated rings. The molecule has 1 heterocycles. The molecule has 0 atom stereocenters. The minimum Gasteiger partial charge on any atom is -0.368 e. The van der Waals surface area contributed by atoms with Crippen LogP contribution in [0.2, 0.25) is 0 Å².